The quantitative estimate of drug-likeness (QED) is 0.847. The molecule has 0 bridgehead atoms. The average Bonchev–Trinajstić information content (AvgIpc) is 2.61. The minimum Gasteiger partial charge on any atom is -0.380 e. The van der Waals surface area contributed by atoms with Gasteiger partial charge in [-0.25, -0.2) is 0 Å². The monoisotopic (exact) mass is 223 g/mol. The van der Waals surface area contributed by atoms with E-state index in [4.69, 9.17) is 0 Å². The van der Waals surface area contributed by atoms with Crippen LogP contribution in [0.4, 0.5) is 5.69 Å². The minimum absolute atomic E-state index is 0.0550. The second-order valence-electron chi connectivity index (χ2n) is 5.75. The summed E-state index contributed by atoms with van der Waals surface area (Å²) in [5, 5.41) is 7.93. The largest absolute Gasteiger partial charge is 0.380 e. The first-order valence-corrected chi connectivity index (χ1v) is 6.16. The number of rotatable bonds is 4. The standard InChI is InChI=1S/C13H25N3/c1-7-12(10(2)3)15-11-8-14-16(9-11)13(4,5)6/h8-10,12,15H,7H2,1-6H3. The second kappa shape index (κ2) is 4.89. The van der Waals surface area contributed by atoms with Crippen LogP contribution in [-0.2, 0) is 5.54 Å². The van der Waals surface area contributed by atoms with E-state index >= 15 is 0 Å². The normalized spacial score (nSPS) is 14.2. The number of hydrogen-bond donors (Lipinski definition) is 1. The fraction of sp³-hybridized carbons (Fsp3) is 0.769. The van der Waals surface area contributed by atoms with Gasteiger partial charge >= 0.3 is 0 Å². The van der Waals surface area contributed by atoms with Crippen LogP contribution in [0.15, 0.2) is 12.4 Å². The molecule has 0 saturated carbocycles. The van der Waals surface area contributed by atoms with Crippen molar-refractivity contribution >= 4 is 5.69 Å². The van der Waals surface area contributed by atoms with Crippen molar-refractivity contribution in [1.29, 1.82) is 0 Å². The van der Waals surface area contributed by atoms with Crippen molar-refractivity contribution in [3.05, 3.63) is 12.4 Å². The Morgan fingerprint density at radius 2 is 2.00 bits per heavy atom. The lowest BCUT2D eigenvalue weighted by Gasteiger charge is -2.21. The van der Waals surface area contributed by atoms with Gasteiger partial charge < -0.3 is 5.32 Å². The average molecular weight is 223 g/mol. The van der Waals surface area contributed by atoms with Crippen molar-refractivity contribution in [3.8, 4) is 0 Å². The summed E-state index contributed by atoms with van der Waals surface area (Å²) in [4.78, 5) is 0. The Balaban J connectivity index is 2.72. The third kappa shape index (κ3) is 3.26. The number of nitrogens with one attached hydrogen (secondary N) is 1. The zero-order valence-corrected chi connectivity index (χ0v) is 11.4. The molecule has 0 amide bonds. The highest BCUT2D eigenvalue weighted by Gasteiger charge is 2.16. The predicted octanol–water partition coefficient (Wildman–Crippen LogP) is 3.48. The highest BCUT2D eigenvalue weighted by Crippen LogP contribution is 2.18. The van der Waals surface area contributed by atoms with Crippen LogP contribution in [0.5, 0.6) is 0 Å². The van der Waals surface area contributed by atoms with Crippen LogP contribution in [0.3, 0.4) is 0 Å². The molecule has 1 aromatic heterocycles. The van der Waals surface area contributed by atoms with E-state index in [1.54, 1.807) is 0 Å². The first kappa shape index (κ1) is 13.1. The molecular formula is C13H25N3. The number of nitrogens with zero attached hydrogens (tertiary/aromatic N) is 2. The fourth-order valence-electron chi connectivity index (χ4n) is 1.72. The van der Waals surface area contributed by atoms with E-state index in [2.05, 4.69) is 58.2 Å². The van der Waals surface area contributed by atoms with Gasteiger partial charge in [-0.05, 0) is 33.1 Å². The summed E-state index contributed by atoms with van der Waals surface area (Å²) < 4.78 is 2.00. The van der Waals surface area contributed by atoms with Gasteiger partial charge in [0.2, 0.25) is 0 Å². The van der Waals surface area contributed by atoms with Gasteiger partial charge in [0.15, 0.2) is 0 Å². The van der Waals surface area contributed by atoms with E-state index in [1.807, 2.05) is 10.9 Å². The van der Waals surface area contributed by atoms with Gasteiger partial charge in [-0.2, -0.15) is 5.10 Å². The SMILES string of the molecule is CCC(Nc1cnn(C(C)(C)C)c1)C(C)C. The molecule has 1 heterocycles. The highest BCUT2D eigenvalue weighted by molar-refractivity contribution is 5.39. The molecule has 0 saturated heterocycles. The molecule has 0 aromatic carbocycles. The molecule has 0 fully saturated rings. The zero-order chi connectivity index (χ0) is 12.3. The molecule has 1 aromatic rings. The van der Waals surface area contributed by atoms with Crippen LogP contribution in [0, 0.1) is 5.92 Å². The van der Waals surface area contributed by atoms with Crippen molar-refractivity contribution in [2.45, 2.75) is 59.5 Å². The number of hydrogen-bond acceptors (Lipinski definition) is 2. The third-order valence-electron chi connectivity index (χ3n) is 2.87. The lowest BCUT2D eigenvalue weighted by molar-refractivity contribution is 0.355. The van der Waals surface area contributed by atoms with Crippen LogP contribution >= 0.6 is 0 Å². The van der Waals surface area contributed by atoms with E-state index in [0.29, 0.717) is 12.0 Å². The van der Waals surface area contributed by atoms with E-state index < -0.39 is 0 Å². The Hall–Kier alpha value is -0.990. The van der Waals surface area contributed by atoms with Crippen LogP contribution in [0.1, 0.15) is 48.0 Å². The Morgan fingerprint density at radius 1 is 1.38 bits per heavy atom. The van der Waals surface area contributed by atoms with E-state index in [1.165, 1.54) is 0 Å². The summed E-state index contributed by atoms with van der Waals surface area (Å²) in [7, 11) is 0. The van der Waals surface area contributed by atoms with Crippen LogP contribution < -0.4 is 5.32 Å². The molecule has 1 N–H and O–H groups in total. The van der Waals surface area contributed by atoms with Gasteiger partial charge in [-0.3, -0.25) is 4.68 Å². The molecule has 0 aliphatic rings. The minimum atomic E-state index is 0.0550. The Morgan fingerprint density at radius 3 is 2.38 bits per heavy atom. The molecule has 1 atom stereocenters. The zero-order valence-electron chi connectivity index (χ0n) is 11.4. The summed E-state index contributed by atoms with van der Waals surface area (Å²) in [6, 6.07) is 0.526. The smallest absolute Gasteiger partial charge is 0.0728 e. The maximum Gasteiger partial charge on any atom is 0.0728 e. The maximum absolute atomic E-state index is 4.39. The van der Waals surface area contributed by atoms with Crippen molar-refractivity contribution in [2.24, 2.45) is 5.92 Å². The van der Waals surface area contributed by atoms with Gasteiger partial charge in [0.1, 0.15) is 0 Å². The van der Waals surface area contributed by atoms with Gasteiger partial charge in [0.25, 0.3) is 0 Å². The lowest BCUT2D eigenvalue weighted by atomic mass is 10.0. The molecule has 92 valence electrons. The molecule has 0 aliphatic carbocycles. The highest BCUT2D eigenvalue weighted by atomic mass is 15.3. The number of aromatic nitrogens is 2. The molecule has 0 spiro atoms. The Labute approximate surface area is 99.2 Å². The van der Waals surface area contributed by atoms with Crippen molar-refractivity contribution in [3.63, 3.8) is 0 Å². The van der Waals surface area contributed by atoms with Gasteiger partial charge in [0, 0.05) is 12.2 Å². The molecule has 16 heavy (non-hydrogen) atoms. The van der Waals surface area contributed by atoms with Crippen molar-refractivity contribution in [1.82, 2.24) is 9.78 Å². The summed E-state index contributed by atoms with van der Waals surface area (Å²) in [5.74, 6) is 0.642. The summed E-state index contributed by atoms with van der Waals surface area (Å²) >= 11 is 0. The molecular weight excluding hydrogens is 198 g/mol. The van der Waals surface area contributed by atoms with E-state index in [-0.39, 0.29) is 5.54 Å². The molecule has 0 radical (unpaired) electrons. The lowest BCUT2D eigenvalue weighted by Crippen LogP contribution is -2.24. The molecule has 0 aliphatic heterocycles. The molecule has 1 unspecified atom stereocenters. The molecule has 3 heteroatoms. The van der Waals surface area contributed by atoms with Crippen LogP contribution in [0.25, 0.3) is 0 Å². The van der Waals surface area contributed by atoms with Gasteiger partial charge in [-0.1, -0.05) is 20.8 Å². The first-order chi connectivity index (χ1) is 7.34. The van der Waals surface area contributed by atoms with Gasteiger partial charge in [-0.15, -0.1) is 0 Å². The Kier molecular flexibility index (Phi) is 4.00. The fourth-order valence-corrected chi connectivity index (χ4v) is 1.72. The summed E-state index contributed by atoms with van der Waals surface area (Å²) in [5.41, 5.74) is 1.18. The Bertz CT molecular complexity index is 320. The van der Waals surface area contributed by atoms with Gasteiger partial charge in [0.05, 0.1) is 17.4 Å². The van der Waals surface area contributed by atoms with Crippen LogP contribution in [0.2, 0.25) is 0 Å². The number of anilines is 1. The second-order valence-corrected chi connectivity index (χ2v) is 5.75. The first-order valence-electron chi connectivity index (χ1n) is 6.16. The summed E-state index contributed by atoms with van der Waals surface area (Å²) in [6.07, 6.45) is 5.14. The predicted molar refractivity (Wildman–Crippen MR) is 69.8 cm³/mol. The molecule has 1 rings (SSSR count). The van der Waals surface area contributed by atoms with Crippen molar-refractivity contribution < 1.29 is 0 Å². The third-order valence-corrected chi connectivity index (χ3v) is 2.87. The maximum atomic E-state index is 4.39. The topological polar surface area (TPSA) is 29.9 Å². The van der Waals surface area contributed by atoms with E-state index in [0.717, 1.165) is 12.1 Å². The molecule has 3 nitrogen and oxygen atoms in total. The van der Waals surface area contributed by atoms with E-state index in [9.17, 15) is 0 Å². The van der Waals surface area contributed by atoms with Crippen LogP contribution in [-0.4, -0.2) is 15.8 Å². The summed E-state index contributed by atoms with van der Waals surface area (Å²) in [6.45, 7) is 13.2. The van der Waals surface area contributed by atoms with Crippen molar-refractivity contribution in [2.75, 3.05) is 5.32 Å².